The number of aryl methyl sites for hydroxylation is 1. The van der Waals surface area contributed by atoms with Crippen LogP contribution in [0.4, 0.5) is 13.2 Å². The Hall–Kier alpha value is -1.46. The molecule has 0 unspecified atom stereocenters. The predicted molar refractivity (Wildman–Crippen MR) is 37.2 cm³/mol. The number of allylic oxidation sites excluding steroid dienone is 1. The second kappa shape index (κ2) is 3.12. The molecule has 0 aliphatic carbocycles. The average molecular weight is 191 g/mol. The minimum Gasteiger partial charge on any atom is -0.869 e. The third-order valence-electron chi connectivity index (χ3n) is 1.40. The van der Waals surface area contributed by atoms with Crippen LogP contribution in [0.25, 0.3) is 6.08 Å². The largest absolute Gasteiger partial charge is 0.869 e. The van der Waals surface area contributed by atoms with E-state index in [1.807, 2.05) is 0 Å². The van der Waals surface area contributed by atoms with E-state index in [1.54, 1.807) is 0 Å². The first-order valence-electron chi connectivity index (χ1n) is 3.34. The molecule has 0 amide bonds. The minimum atomic E-state index is -4.83. The molecule has 0 bridgehead atoms. The van der Waals surface area contributed by atoms with Gasteiger partial charge in [0, 0.05) is 19.4 Å². The van der Waals surface area contributed by atoms with Crippen LogP contribution in [-0.4, -0.2) is 15.7 Å². The molecule has 0 spiro atoms. The molecule has 1 heterocycles. The lowest BCUT2D eigenvalue weighted by atomic mass is 10.4. The first-order valence-corrected chi connectivity index (χ1v) is 3.34. The summed E-state index contributed by atoms with van der Waals surface area (Å²) in [5.74, 6) is -1.91. The average Bonchev–Trinajstić information content (AvgIpc) is 2.34. The van der Waals surface area contributed by atoms with Crippen molar-refractivity contribution in [3.63, 3.8) is 0 Å². The van der Waals surface area contributed by atoms with E-state index in [9.17, 15) is 18.3 Å². The van der Waals surface area contributed by atoms with Crippen LogP contribution in [0.2, 0.25) is 0 Å². The van der Waals surface area contributed by atoms with E-state index in [-0.39, 0.29) is 5.82 Å². The zero-order chi connectivity index (χ0) is 10.1. The van der Waals surface area contributed by atoms with Gasteiger partial charge in [-0.2, -0.15) is 13.2 Å². The van der Waals surface area contributed by atoms with Crippen LogP contribution < -0.4 is 5.11 Å². The van der Waals surface area contributed by atoms with Crippen molar-refractivity contribution in [3.8, 4) is 0 Å². The molecule has 0 fully saturated rings. The fourth-order valence-corrected chi connectivity index (χ4v) is 0.715. The molecular weight excluding hydrogens is 185 g/mol. The Kier molecular flexibility index (Phi) is 2.31. The van der Waals surface area contributed by atoms with Crippen molar-refractivity contribution in [2.24, 2.45) is 7.05 Å². The van der Waals surface area contributed by atoms with Crippen molar-refractivity contribution < 1.29 is 18.3 Å². The standard InChI is InChI=1S/C7H7F3N2O/c1-12-3-2-11-6(12)4-5(13)7(8,9)10/h2-4,13H,1H3/p-1. The molecule has 0 aliphatic heterocycles. The molecule has 1 aromatic rings. The van der Waals surface area contributed by atoms with Crippen molar-refractivity contribution in [2.75, 3.05) is 0 Å². The van der Waals surface area contributed by atoms with E-state index in [2.05, 4.69) is 4.98 Å². The van der Waals surface area contributed by atoms with Gasteiger partial charge in [0.25, 0.3) is 0 Å². The maximum Gasteiger partial charge on any atom is 0.402 e. The molecule has 0 aliphatic rings. The van der Waals surface area contributed by atoms with E-state index < -0.39 is 11.9 Å². The number of alkyl halides is 3. The topological polar surface area (TPSA) is 40.9 Å². The van der Waals surface area contributed by atoms with Crippen LogP contribution in [-0.2, 0) is 7.05 Å². The molecule has 0 aromatic carbocycles. The van der Waals surface area contributed by atoms with Gasteiger partial charge in [0.15, 0.2) is 0 Å². The van der Waals surface area contributed by atoms with Gasteiger partial charge in [-0.1, -0.05) is 0 Å². The molecule has 0 atom stereocenters. The molecule has 3 nitrogen and oxygen atoms in total. The molecule has 0 radical (unpaired) electrons. The normalized spacial score (nSPS) is 13.4. The van der Waals surface area contributed by atoms with E-state index in [4.69, 9.17) is 0 Å². The van der Waals surface area contributed by atoms with Gasteiger partial charge in [0.05, 0.1) is 0 Å². The molecular formula is C7H6F3N2O-. The van der Waals surface area contributed by atoms with Gasteiger partial charge in [-0.3, -0.25) is 0 Å². The van der Waals surface area contributed by atoms with Crippen molar-refractivity contribution in [1.29, 1.82) is 0 Å². The Morgan fingerprint density at radius 2 is 2.23 bits per heavy atom. The summed E-state index contributed by atoms with van der Waals surface area (Å²) in [6.45, 7) is 0. The van der Waals surface area contributed by atoms with Crippen molar-refractivity contribution in [2.45, 2.75) is 6.18 Å². The van der Waals surface area contributed by atoms with Crippen LogP contribution in [0.15, 0.2) is 18.2 Å². The SMILES string of the molecule is Cn1ccnc1C=C([O-])C(F)(F)F. The van der Waals surface area contributed by atoms with Gasteiger partial charge in [-0.15, -0.1) is 0 Å². The summed E-state index contributed by atoms with van der Waals surface area (Å²) in [6, 6.07) is 0. The third-order valence-corrected chi connectivity index (χ3v) is 1.40. The number of hydrogen-bond donors (Lipinski definition) is 0. The number of imidazole rings is 1. The molecule has 6 heteroatoms. The van der Waals surface area contributed by atoms with Crippen molar-refractivity contribution >= 4 is 6.08 Å². The van der Waals surface area contributed by atoms with Crippen LogP contribution in [0.1, 0.15) is 5.82 Å². The van der Waals surface area contributed by atoms with E-state index in [1.165, 1.54) is 24.0 Å². The highest BCUT2D eigenvalue weighted by Crippen LogP contribution is 2.22. The van der Waals surface area contributed by atoms with Crippen LogP contribution in [0.5, 0.6) is 0 Å². The number of rotatable bonds is 1. The highest BCUT2D eigenvalue weighted by atomic mass is 19.4. The fraction of sp³-hybridized carbons (Fsp3) is 0.286. The summed E-state index contributed by atoms with van der Waals surface area (Å²) < 4.78 is 36.6. The molecule has 72 valence electrons. The number of halogens is 3. The highest BCUT2D eigenvalue weighted by molar-refractivity contribution is 5.43. The predicted octanol–water partition coefficient (Wildman–Crippen LogP) is 0.684. The molecule has 13 heavy (non-hydrogen) atoms. The maximum atomic E-state index is 11.8. The van der Waals surface area contributed by atoms with Crippen LogP contribution in [0.3, 0.4) is 0 Å². The molecule has 1 rings (SSSR count). The van der Waals surface area contributed by atoms with E-state index in [0.29, 0.717) is 6.08 Å². The van der Waals surface area contributed by atoms with Gasteiger partial charge in [0.1, 0.15) is 5.82 Å². The molecule has 0 saturated heterocycles. The smallest absolute Gasteiger partial charge is 0.402 e. The lowest BCUT2D eigenvalue weighted by molar-refractivity contribution is -0.358. The quantitative estimate of drug-likeness (QED) is 0.612. The Morgan fingerprint density at radius 3 is 2.62 bits per heavy atom. The first kappa shape index (κ1) is 9.63. The van der Waals surface area contributed by atoms with Gasteiger partial charge in [-0.25, -0.2) is 4.98 Å². The first-order chi connectivity index (χ1) is 5.91. The number of hydrogen-bond acceptors (Lipinski definition) is 2. The molecule has 0 saturated carbocycles. The van der Waals surface area contributed by atoms with Gasteiger partial charge >= 0.3 is 6.18 Å². The Balaban J connectivity index is 2.96. The van der Waals surface area contributed by atoms with Crippen LogP contribution in [0, 0.1) is 0 Å². The molecule has 0 N–H and O–H groups in total. The summed E-state index contributed by atoms with van der Waals surface area (Å²) in [5, 5.41) is 10.5. The Labute approximate surface area is 72.1 Å². The number of aromatic nitrogens is 2. The summed E-state index contributed by atoms with van der Waals surface area (Å²) in [6.07, 6.45) is -1.60. The lowest BCUT2D eigenvalue weighted by Crippen LogP contribution is -2.22. The zero-order valence-electron chi connectivity index (χ0n) is 6.67. The zero-order valence-corrected chi connectivity index (χ0v) is 6.67. The minimum absolute atomic E-state index is 0.0117. The second-order valence-corrected chi connectivity index (χ2v) is 2.40. The van der Waals surface area contributed by atoms with Gasteiger partial charge < -0.3 is 9.67 Å². The highest BCUT2D eigenvalue weighted by Gasteiger charge is 2.26. The van der Waals surface area contributed by atoms with Crippen LogP contribution >= 0.6 is 0 Å². The second-order valence-electron chi connectivity index (χ2n) is 2.40. The maximum absolute atomic E-state index is 11.8. The van der Waals surface area contributed by atoms with Gasteiger partial charge in [0.2, 0.25) is 0 Å². The summed E-state index contributed by atoms with van der Waals surface area (Å²) in [7, 11) is 1.50. The monoisotopic (exact) mass is 191 g/mol. The Bertz CT molecular complexity index is 327. The lowest BCUT2D eigenvalue weighted by Gasteiger charge is -2.15. The summed E-state index contributed by atoms with van der Waals surface area (Å²) in [4.78, 5) is 3.56. The fourth-order valence-electron chi connectivity index (χ4n) is 0.715. The van der Waals surface area contributed by atoms with Crippen molar-refractivity contribution in [1.82, 2.24) is 9.55 Å². The summed E-state index contributed by atoms with van der Waals surface area (Å²) in [5.41, 5.74) is 0. The van der Waals surface area contributed by atoms with E-state index in [0.717, 1.165) is 0 Å². The third kappa shape index (κ3) is 2.24. The number of nitrogens with zero attached hydrogens (tertiary/aromatic N) is 2. The Morgan fingerprint density at radius 1 is 1.62 bits per heavy atom. The van der Waals surface area contributed by atoms with E-state index >= 15 is 0 Å². The molecule has 1 aromatic heterocycles. The van der Waals surface area contributed by atoms with Gasteiger partial charge in [-0.05, 0) is 11.8 Å². The summed E-state index contributed by atoms with van der Waals surface area (Å²) >= 11 is 0. The van der Waals surface area contributed by atoms with Crippen molar-refractivity contribution in [3.05, 3.63) is 24.0 Å².